The van der Waals surface area contributed by atoms with Gasteiger partial charge in [-0.15, -0.1) is 0 Å². The van der Waals surface area contributed by atoms with Crippen LogP contribution >= 0.6 is 7.60 Å². The van der Waals surface area contributed by atoms with Crippen molar-refractivity contribution in [1.29, 1.82) is 0 Å². The SMILES string of the molecule is C[C@@H](Cn1cnc2c(N)ncnc21)OCCP(=O)(O)O. The van der Waals surface area contributed by atoms with Crippen LogP contribution in [0.5, 0.6) is 0 Å². The molecule has 2 heterocycles. The van der Waals surface area contributed by atoms with Crippen molar-refractivity contribution in [3.8, 4) is 0 Å². The molecule has 0 fully saturated rings. The molecule has 0 unspecified atom stereocenters. The second-order valence-electron chi connectivity index (χ2n) is 4.40. The molecule has 1 atom stereocenters. The highest BCUT2D eigenvalue weighted by atomic mass is 31.2. The predicted octanol–water partition coefficient (Wildman–Crippen LogP) is -0.00870. The van der Waals surface area contributed by atoms with Gasteiger partial charge in [0, 0.05) is 0 Å². The number of hydrogen-bond acceptors (Lipinski definition) is 6. The molecule has 0 saturated heterocycles. The largest absolute Gasteiger partial charge is 0.382 e. The molecule has 0 aliphatic rings. The summed E-state index contributed by atoms with van der Waals surface area (Å²) in [5.74, 6) is 0.309. The van der Waals surface area contributed by atoms with Crippen LogP contribution in [0.3, 0.4) is 0 Å². The number of hydrogen-bond donors (Lipinski definition) is 3. The molecule has 4 N–H and O–H groups in total. The molecule has 2 aromatic heterocycles. The van der Waals surface area contributed by atoms with E-state index in [0.717, 1.165) is 0 Å². The number of nitrogens with two attached hydrogens (primary N) is 1. The number of fused-ring (bicyclic) bond motifs is 1. The van der Waals surface area contributed by atoms with Crippen molar-refractivity contribution in [2.24, 2.45) is 0 Å². The predicted molar refractivity (Wildman–Crippen MR) is 72.1 cm³/mol. The summed E-state index contributed by atoms with van der Waals surface area (Å²) >= 11 is 0. The monoisotopic (exact) mass is 301 g/mol. The van der Waals surface area contributed by atoms with Gasteiger partial charge in [-0.3, -0.25) is 4.57 Å². The zero-order chi connectivity index (χ0) is 14.8. The van der Waals surface area contributed by atoms with Crippen LogP contribution in [0, 0.1) is 0 Å². The van der Waals surface area contributed by atoms with Crippen molar-refractivity contribution in [3.05, 3.63) is 12.7 Å². The van der Waals surface area contributed by atoms with E-state index in [1.54, 1.807) is 17.8 Å². The number of anilines is 1. The first-order chi connectivity index (χ1) is 9.37. The van der Waals surface area contributed by atoms with Crippen LogP contribution in [-0.2, 0) is 15.8 Å². The minimum atomic E-state index is -4.02. The van der Waals surface area contributed by atoms with E-state index >= 15 is 0 Å². The van der Waals surface area contributed by atoms with E-state index in [9.17, 15) is 4.57 Å². The molecule has 0 spiro atoms. The second-order valence-corrected chi connectivity index (χ2v) is 6.17. The number of nitrogens with zero attached hydrogens (tertiary/aromatic N) is 4. The minimum absolute atomic E-state index is 0.00476. The molecule has 0 amide bonds. The lowest BCUT2D eigenvalue weighted by Crippen LogP contribution is -2.18. The zero-order valence-corrected chi connectivity index (χ0v) is 11.8. The third kappa shape index (κ3) is 3.73. The summed E-state index contributed by atoms with van der Waals surface area (Å²) in [5, 5.41) is 0. The number of ether oxygens (including phenoxy) is 1. The van der Waals surface area contributed by atoms with Crippen molar-refractivity contribution in [2.75, 3.05) is 18.5 Å². The Morgan fingerprint density at radius 3 is 2.90 bits per heavy atom. The first kappa shape index (κ1) is 14.9. The molecule has 110 valence electrons. The average Bonchev–Trinajstić information content (AvgIpc) is 2.72. The smallest absolute Gasteiger partial charge is 0.327 e. The number of rotatable bonds is 6. The summed E-state index contributed by atoms with van der Waals surface area (Å²) in [6.07, 6.45) is 2.40. The number of imidazole rings is 1. The Morgan fingerprint density at radius 2 is 2.20 bits per heavy atom. The molecule has 0 aromatic carbocycles. The molecule has 0 aliphatic heterocycles. The molecule has 0 radical (unpaired) electrons. The van der Waals surface area contributed by atoms with Gasteiger partial charge >= 0.3 is 7.60 Å². The molecular formula is C10H16N5O4P. The maximum Gasteiger partial charge on any atom is 0.327 e. The van der Waals surface area contributed by atoms with E-state index in [1.165, 1.54) is 6.33 Å². The summed E-state index contributed by atoms with van der Waals surface area (Å²) in [6.45, 7) is 2.25. The highest BCUT2D eigenvalue weighted by Crippen LogP contribution is 2.33. The Balaban J connectivity index is 1.98. The van der Waals surface area contributed by atoms with Gasteiger partial charge in [-0.1, -0.05) is 0 Å². The summed E-state index contributed by atoms with van der Waals surface area (Å²) in [6, 6.07) is 0. The molecular weight excluding hydrogens is 285 g/mol. The minimum Gasteiger partial charge on any atom is -0.382 e. The highest BCUT2D eigenvalue weighted by molar-refractivity contribution is 7.51. The molecule has 0 bridgehead atoms. The van der Waals surface area contributed by atoms with Gasteiger partial charge in [0.05, 0.1) is 31.7 Å². The fourth-order valence-corrected chi connectivity index (χ4v) is 2.08. The Labute approximate surface area is 115 Å². The lowest BCUT2D eigenvalue weighted by atomic mass is 10.4. The van der Waals surface area contributed by atoms with Gasteiger partial charge in [-0.25, -0.2) is 15.0 Å². The van der Waals surface area contributed by atoms with Gasteiger partial charge in [0.1, 0.15) is 11.8 Å². The second kappa shape index (κ2) is 5.84. The fourth-order valence-electron chi connectivity index (χ4n) is 1.73. The number of aromatic nitrogens is 4. The van der Waals surface area contributed by atoms with Gasteiger partial charge in [-0.2, -0.15) is 0 Å². The summed E-state index contributed by atoms with van der Waals surface area (Å²) in [7, 11) is -4.02. The van der Waals surface area contributed by atoms with E-state index in [4.69, 9.17) is 20.3 Å². The van der Waals surface area contributed by atoms with Crippen LogP contribution in [-0.4, -0.2) is 48.2 Å². The van der Waals surface area contributed by atoms with Crippen LogP contribution in [0.15, 0.2) is 12.7 Å². The van der Waals surface area contributed by atoms with Crippen LogP contribution in [0.2, 0.25) is 0 Å². The summed E-state index contributed by atoms with van der Waals surface area (Å²) in [4.78, 5) is 29.6. The Kier molecular flexibility index (Phi) is 4.34. The highest BCUT2D eigenvalue weighted by Gasteiger charge is 2.15. The van der Waals surface area contributed by atoms with Gasteiger partial charge in [0.15, 0.2) is 11.5 Å². The third-order valence-electron chi connectivity index (χ3n) is 2.67. The standard InChI is InChI=1S/C10H16N5O4P/c1-7(19-2-3-20(16,17)18)4-15-6-14-8-9(11)12-5-13-10(8)15/h5-7H,2-4H2,1H3,(H2,11,12,13)(H2,16,17,18)/t7-/m0/s1. The Hall–Kier alpha value is -1.54. The lowest BCUT2D eigenvalue weighted by Gasteiger charge is -2.14. The van der Waals surface area contributed by atoms with Crippen LogP contribution in [0.1, 0.15) is 6.92 Å². The van der Waals surface area contributed by atoms with Crippen LogP contribution in [0.4, 0.5) is 5.82 Å². The van der Waals surface area contributed by atoms with Gasteiger partial charge in [0.2, 0.25) is 0 Å². The normalized spacial score (nSPS) is 13.8. The average molecular weight is 301 g/mol. The van der Waals surface area contributed by atoms with E-state index < -0.39 is 7.60 Å². The van der Waals surface area contributed by atoms with Gasteiger partial charge < -0.3 is 24.8 Å². The fraction of sp³-hybridized carbons (Fsp3) is 0.500. The summed E-state index contributed by atoms with van der Waals surface area (Å²) in [5.41, 5.74) is 6.81. The van der Waals surface area contributed by atoms with Crippen molar-refractivity contribution < 1.29 is 19.1 Å². The van der Waals surface area contributed by atoms with Gasteiger partial charge in [0.25, 0.3) is 0 Å². The molecule has 20 heavy (non-hydrogen) atoms. The van der Waals surface area contributed by atoms with Crippen LogP contribution < -0.4 is 5.73 Å². The topological polar surface area (TPSA) is 136 Å². The first-order valence-electron chi connectivity index (χ1n) is 5.94. The third-order valence-corrected chi connectivity index (χ3v) is 3.43. The zero-order valence-electron chi connectivity index (χ0n) is 10.9. The van der Waals surface area contributed by atoms with Gasteiger partial charge in [-0.05, 0) is 6.92 Å². The van der Waals surface area contributed by atoms with Crippen molar-refractivity contribution >= 4 is 24.6 Å². The lowest BCUT2D eigenvalue weighted by molar-refractivity contribution is 0.0640. The van der Waals surface area contributed by atoms with Crippen molar-refractivity contribution in [3.63, 3.8) is 0 Å². The Bertz CT molecular complexity index is 640. The van der Waals surface area contributed by atoms with E-state index in [0.29, 0.717) is 23.5 Å². The Morgan fingerprint density at radius 1 is 1.45 bits per heavy atom. The molecule has 10 heteroatoms. The van der Waals surface area contributed by atoms with Crippen molar-refractivity contribution in [2.45, 2.75) is 19.6 Å². The molecule has 2 rings (SSSR count). The van der Waals surface area contributed by atoms with E-state index in [2.05, 4.69) is 15.0 Å². The van der Waals surface area contributed by atoms with Crippen LogP contribution in [0.25, 0.3) is 11.2 Å². The molecule has 2 aromatic rings. The quantitative estimate of drug-likeness (QED) is 0.634. The first-order valence-corrected chi connectivity index (χ1v) is 7.74. The number of nitrogen functional groups attached to an aromatic ring is 1. The molecule has 0 aliphatic carbocycles. The maximum absolute atomic E-state index is 10.7. The molecule has 9 nitrogen and oxygen atoms in total. The molecule has 0 saturated carbocycles. The van der Waals surface area contributed by atoms with Crippen molar-refractivity contribution in [1.82, 2.24) is 19.5 Å². The van der Waals surface area contributed by atoms with E-state index in [-0.39, 0.29) is 18.9 Å². The summed E-state index contributed by atoms with van der Waals surface area (Å²) < 4.78 is 17.8. The maximum atomic E-state index is 10.7. The van der Waals surface area contributed by atoms with E-state index in [1.807, 2.05) is 0 Å².